The average molecular weight is 354 g/mol. The van der Waals surface area contributed by atoms with Crippen LogP contribution in [0.1, 0.15) is 23.5 Å². The lowest BCUT2D eigenvalue weighted by Crippen LogP contribution is -2.24. The largest absolute Gasteiger partial charge is 0.496 e. The highest BCUT2D eigenvalue weighted by Gasteiger charge is 2.31. The first-order chi connectivity index (χ1) is 12.2. The highest BCUT2D eigenvalue weighted by Crippen LogP contribution is 2.41. The first kappa shape index (κ1) is 15.7. The Morgan fingerprint density at radius 2 is 1.92 bits per heavy atom. The molecule has 3 aromatic rings. The number of anilines is 1. The highest BCUT2D eigenvalue weighted by atomic mass is 35.5. The van der Waals surface area contributed by atoms with Crippen molar-refractivity contribution in [3.05, 3.63) is 70.9 Å². The fourth-order valence-electron chi connectivity index (χ4n) is 3.23. The van der Waals surface area contributed by atoms with E-state index in [0.29, 0.717) is 17.3 Å². The zero-order valence-electron chi connectivity index (χ0n) is 13.6. The van der Waals surface area contributed by atoms with Crippen LogP contribution in [0.3, 0.4) is 0 Å². The van der Waals surface area contributed by atoms with Crippen LogP contribution in [-0.4, -0.2) is 22.8 Å². The SMILES string of the molecule is COc1ccccc1C1CC(=O)Nc2c1cnn2-c1ccc(Cl)cc1. The van der Waals surface area contributed by atoms with Crippen molar-refractivity contribution in [2.75, 3.05) is 12.4 Å². The Hall–Kier alpha value is -2.79. The molecular weight excluding hydrogens is 338 g/mol. The van der Waals surface area contributed by atoms with Gasteiger partial charge in [0.15, 0.2) is 0 Å². The molecule has 1 aliphatic heterocycles. The summed E-state index contributed by atoms with van der Waals surface area (Å²) in [5.74, 6) is 1.32. The van der Waals surface area contributed by atoms with Gasteiger partial charge in [-0.1, -0.05) is 29.8 Å². The lowest BCUT2D eigenvalue weighted by atomic mass is 9.87. The normalized spacial score (nSPS) is 16.2. The van der Waals surface area contributed by atoms with E-state index in [-0.39, 0.29) is 11.8 Å². The third kappa shape index (κ3) is 2.76. The highest BCUT2D eigenvalue weighted by molar-refractivity contribution is 6.30. The maximum Gasteiger partial charge on any atom is 0.226 e. The third-order valence-corrected chi connectivity index (χ3v) is 4.66. The van der Waals surface area contributed by atoms with Gasteiger partial charge in [-0.05, 0) is 30.3 Å². The molecule has 0 saturated carbocycles. The first-order valence-corrected chi connectivity index (χ1v) is 8.32. The number of hydrogen-bond acceptors (Lipinski definition) is 3. The quantitative estimate of drug-likeness (QED) is 0.774. The van der Waals surface area contributed by atoms with Gasteiger partial charge in [0.25, 0.3) is 0 Å². The van der Waals surface area contributed by atoms with E-state index in [1.54, 1.807) is 30.1 Å². The predicted molar refractivity (Wildman–Crippen MR) is 96.7 cm³/mol. The molecule has 2 aromatic carbocycles. The number of aromatic nitrogens is 2. The minimum Gasteiger partial charge on any atom is -0.496 e. The maximum absolute atomic E-state index is 12.3. The Morgan fingerprint density at radius 3 is 2.68 bits per heavy atom. The number of nitrogens with zero attached hydrogens (tertiary/aromatic N) is 2. The number of benzene rings is 2. The summed E-state index contributed by atoms with van der Waals surface area (Å²) in [7, 11) is 1.64. The van der Waals surface area contributed by atoms with Crippen LogP contribution in [0.15, 0.2) is 54.7 Å². The summed E-state index contributed by atoms with van der Waals surface area (Å²) in [5, 5.41) is 8.08. The number of methoxy groups -OCH3 is 1. The van der Waals surface area contributed by atoms with Crippen LogP contribution in [0.25, 0.3) is 5.69 Å². The van der Waals surface area contributed by atoms with Crippen LogP contribution in [0.5, 0.6) is 5.75 Å². The number of rotatable bonds is 3. The third-order valence-electron chi connectivity index (χ3n) is 4.41. The van der Waals surface area contributed by atoms with Gasteiger partial charge < -0.3 is 10.1 Å². The Labute approximate surface area is 150 Å². The van der Waals surface area contributed by atoms with Crippen LogP contribution in [0.2, 0.25) is 5.02 Å². The zero-order chi connectivity index (χ0) is 17.4. The van der Waals surface area contributed by atoms with E-state index in [9.17, 15) is 4.79 Å². The van der Waals surface area contributed by atoms with Gasteiger partial charge in [0.1, 0.15) is 11.6 Å². The van der Waals surface area contributed by atoms with Gasteiger partial charge in [-0.25, -0.2) is 4.68 Å². The van der Waals surface area contributed by atoms with E-state index in [4.69, 9.17) is 16.3 Å². The molecule has 4 rings (SSSR count). The summed E-state index contributed by atoms with van der Waals surface area (Å²) in [5.41, 5.74) is 2.79. The molecule has 0 aliphatic carbocycles. The van der Waals surface area contributed by atoms with Gasteiger partial charge in [-0.15, -0.1) is 0 Å². The van der Waals surface area contributed by atoms with Gasteiger partial charge in [-0.2, -0.15) is 5.10 Å². The molecule has 6 heteroatoms. The molecular formula is C19H16ClN3O2. The van der Waals surface area contributed by atoms with Crippen molar-refractivity contribution in [1.29, 1.82) is 0 Å². The molecule has 0 saturated heterocycles. The molecule has 0 spiro atoms. The first-order valence-electron chi connectivity index (χ1n) is 7.94. The van der Waals surface area contributed by atoms with Crippen molar-refractivity contribution in [3.8, 4) is 11.4 Å². The summed E-state index contributed by atoms with van der Waals surface area (Å²) in [6.07, 6.45) is 2.17. The second-order valence-corrected chi connectivity index (χ2v) is 6.32. The number of halogens is 1. The lowest BCUT2D eigenvalue weighted by Gasteiger charge is -2.25. The molecule has 1 amide bonds. The summed E-state index contributed by atoms with van der Waals surface area (Å²) in [6.45, 7) is 0. The summed E-state index contributed by atoms with van der Waals surface area (Å²) in [4.78, 5) is 12.3. The minimum absolute atomic E-state index is 0.0425. The average Bonchev–Trinajstić information content (AvgIpc) is 3.05. The van der Waals surface area contributed by atoms with E-state index in [1.807, 2.05) is 36.4 Å². The Morgan fingerprint density at radius 1 is 1.16 bits per heavy atom. The summed E-state index contributed by atoms with van der Waals surface area (Å²) in [6, 6.07) is 15.1. The van der Waals surface area contributed by atoms with Crippen LogP contribution >= 0.6 is 11.6 Å². The van der Waals surface area contributed by atoms with E-state index < -0.39 is 0 Å². The van der Waals surface area contributed by atoms with Crippen molar-refractivity contribution in [2.24, 2.45) is 0 Å². The van der Waals surface area contributed by atoms with Gasteiger partial charge in [0.05, 0.1) is 19.0 Å². The molecule has 0 fully saturated rings. The lowest BCUT2D eigenvalue weighted by molar-refractivity contribution is -0.116. The number of hydrogen-bond donors (Lipinski definition) is 1. The molecule has 1 aromatic heterocycles. The molecule has 25 heavy (non-hydrogen) atoms. The van der Waals surface area contributed by atoms with Gasteiger partial charge in [0.2, 0.25) is 5.91 Å². The van der Waals surface area contributed by atoms with Crippen molar-refractivity contribution in [1.82, 2.24) is 9.78 Å². The van der Waals surface area contributed by atoms with E-state index in [0.717, 1.165) is 22.6 Å². The van der Waals surface area contributed by atoms with Crippen LogP contribution in [-0.2, 0) is 4.79 Å². The topological polar surface area (TPSA) is 56.1 Å². The molecule has 2 heterocycles. The van der Waals surface area contributed by atoms with Crippen molar-refractivity contribution in [2.45, 2.75) is 12.3 Å². The number of nitrogens with one attached hydrogen (secondary N) is 1. The second kappa shape index (κ2) is 6.26. The fourth-order valence-corrected chi connectivity index (χ4v) is 3.36. The van der Waals surface area contributed by atoms with Crippen molar-refractivity contribution in [3.63, 3.8) is 0 Å². The standard InChI is InChI=1S/C19H16ClN3O2/c1-25-17-5-3-2-4-14(17)15-10-18(24)22-19-16(15)11-21-23(19)13-8-6-12(20)7-9-13/h2-9,11,15H,10H2,1H3,(H,22,24). The van der Waals surface area contributed by atoms with Crippen LogP contribution < -0.4 is 10.1 Å². The number of ether oxygens (including phenoxy) is 1. The molecule has 1 aliphatic rings. The molecule has 1 atom stereocenters. The number of carbonyl (C=O) groups is 1. The maximum atomic E-state index is 12.3. The fraction of sp³-hybridized carbons (Fsp3) is 0.158. The van der Waals surface area contributed by atoms with E-state index in [1.165, 1.54) is 0 Å². The summed E-state index contributed by atoms with van der Waals surface area (Å²) >= 11 is 5.96. The Balaban J connectivity index is 1.83. The predicted octanol–water partition coefficient (Wildman–Crippen LogP) is 4.01. The van der Waals surface area contributed by atoms with Gasteiger partial charge in [0, 0.05) is 28.5 Å². The molecule has 1 N–H and O–H groups in total. The Kier molecular flexibility index (Phi) is 3.93. The molecule has 5 nitrogen and oxygen atoms in total. The smallest absolute Gasteiger partial charge is 0.226 e. The minimum atomic E-state index is -0.0963. The number of para-hydroxylation sites is 1. The van der Waals surface area contributed by atoms with E-state index >= 15 is 0 Å². The summed E-state index contributed by atoms with van der Waals surface area (Å²) < 4.78 is 7.21. The zero-order valence-corrected chi connectivity index (χ0v) is 14.3. The number of carbonyl (C=O) groups excluding carboxylic acids is 1. The van der Waals surface area contributed by atoms with Crippen molar-refractivity contribution < 1.29 is 9.53 Å². The van der Waals surface area contributed by atoms with Crippen LogP contribution in [0.4, 0.5) is 5.82 Å². The number of fused-ring (bicyclic) bond motifs is 1. The second-order valence-electron chi connectivity index (χ2n) is 5.88. The Bertz CT molecular complexity index is 934. The van der Waals surface area contributed by atoms with Crippen LogP contribution in [0, 0.1) is 0 Å². The van der Waals surface area contributed by atoms with Crippen molar-refractivity contribution >= 4 is 23.3 Å². The number of amides is 1. The molecule has 0 bridgehead atoms. The van der Waals surface area contributed by atoms with Gasteiger partial charge in [-0.3, -0.25) is 4.79 Å². The molecule has 126 valence electrons. The van der Waals surface area contributed by atoms with Gasteiger partial charge >= 0.3 is 0 Å². The van der Waals surface area contributed by atoms with E-state index in [2.05, 4.69) is 10.4 Å². The molecule has 0 radical (unpaired) electrons. The monoisotopic (exact) mass is 353 g/mol. The molecule has 1 unspecified atom stereocenters.